The molecule has 1 saturated carbocycles. The zero-order chi connectivity index (χ0) is 17.3. The summed E-state index contributed by atoms with van der Waals surface area (Å²) in [6.45, 7) is 10.9. The fraction of sp³-hybridized carbons (Fsp3) is 0.700. The van der Waals surface area contributed by atoms with Gasteiger partial charge in [0.1, 0.15) is 0 Å². The van der Waals surface area contributed by atoms with E-state index in [1.165, 1.54) is 24.1 Å². The van der Waals surface area contributed by atoms with Gasteiger partial charge in [-0.2, -0.15) is 0 Å². The molecule has 1 aromatic rings. The predicted molar refractivity (Wildman–Crippen MR) is 99.9 cm³/mol. The first kappa shape index (κ1) is 16.5. The molecule has 0 spiro atoms. The molecule has 0 aromatic heterocycles. The Labute approximate surface area is 146 Å². The highest BCUT2D eigenvalue weighted by molar-refractivity contribution is 6.62. The monoisotopic (exact) mass is 327 g/mol. The lowest BCUT2D eigenvalue weighted by atomic mass is 9.75. The first-order chi connectivity index (χ1) is 11.2. The summed E-state index contributed by atoms with van der Waals surface area (Å²) in [6.07, 6.45) is 3.97. The van der Waals surface area contributed by atoms with Gasteiger partial charge < -0.3 is 14.2 Å². The van der Waals surface area contributed by atoms with Crippen molar-refractivity contribution in [1.29, 1.82) is 0 Å². The number of hydrogen-bond acceptors (Lipinski definition) is 3. The van der Waals surface area contributed by atoms with Gasteiger partial charge in [0.05, 0.1) is 11.2 Å². The van der Waals surface area contributed by atoms with Crippen LogP contribution < -0.4 is 10.4 Å². The van der Waals surface area contributed by atoms with E-state index < -0.39 is 0 Å². The van der Waals surface area contributed by atoms with Gasteiger partial charge in [-0.3, -0.25) is 0 Å². The lowest BCUT2D eigenvalue weighted by molar-refractivity contribution is 0.00578. The highest BCUT2D eigenvalue weighted by atomic mass is 16.7. The second kappa shape index (κ2) is 5.25. The van der Waals surface area contributed by atoms with Crippen molar-refractivity contribution in [3.05, 3.63) is 23.8 Å². The molecule has 2 atom stereocenters. The molecule has 4 rings (SSSR count). The van der Waals surface area contributed by atoms with Crippen molar-refractivity contribution >= 4 is 18.3 Å². The third-order valence-corrected chi connectivity index (χ3v) is 6.69. The minimum absolute atomic E-state index is 0.262. The second-order valence-electron chi connectivity index (χ2n) is 9.10. The molecule has 3 aliphatic rings. The van der Waals surface area contributed by atoms with Crippen LogP contribution in [0.1, 0.15) is 53.0 Å². The molecule has 0 radical (unpaired) electrons. The largest absolute Gasteiger partial charge is 0.494 e. The Morgan fingerprint density at radius 1 is 1.08 bits per heavy atom. The van der Waals surface area contributed by atoms with Crippen LogP contribution in [0, 0.1) is 11.8 Å². The van der Waals surface area contributed by atoms with Gasteiger partial charge in [0.25, 0.3) is 0 Å². The fourth-order valence-electron chi connectivity index (χ4n) is 4.47. The van der Waals surface area contributed by atoms with Crippen molar-refractivity contribution in [1.82, 2.24) is 0 Å². The summed E-state index contributed by atoms with van der Waals surface area (Å²) in [5.74, 6) is 1.62. The summed E-state index contributed by atoms with van der Waals surface area (Å²) in [6, 6.07) is 7.49. The minimum Gasteiger partial charge on any atom is -0.399 e. The number of anilines is 1. The van der Waals surface area contributed by atoms with Gasteiger partial charge in [0.2, 0.25) is 0 Å². The Kier molecular flexibility index (Phi) is 3.60. The van der Waals surface area contributed by atoms with Crippen LogP contribution in [0.2, 0.25) is 0 Å². The van der Waals surface area contributed by atoms with E-state index in [0.29, 0.717) is 12.0 Å². The Morgan fingerprint density at radius 3 is 2.29 bits per heavy atom. The van der Waals surface area contributed by atoms with Crippen molar-refractivity contribution in [2.75, 3.05) is 11.9 Å². The molecule has 2 aliphatic heterocycles. The van der Waals surface area contributed by atoms with Gasteiger partial charge in [-0.15, -0.1) is 0 Å². The molecule has 1 aromatic carbocycles. The van der Waals surface area contributed by atoms with Gasteiger partial charge in [-0.05, 0) is 75.9 Å². The van der Waals surface area contributed by atoms with E-state index in [1.807, 2.05) is 0 Å². The fourth-order valence-corrected chi connectivity index (χ4v) is 4.47. The van der Waals surface area contributed by atoms with Crippen LogP contribution in [0.15, 0.2) is 18.2 Å². The lowest BCUT2D eigenvalue weighted by Crippen LogP contribution is -2.44. The summed E-state index contributed by atoms with van der Waals surface area (Å²) in [4.78, 5) is 2.52. The van der Waals surface area contributed by atoms with Gasteiger partial charge in [-0.1, -0.05) is 19.1 Å². The molecular formula is C20H30BNO2. The summed E-state index contributed by atoms with van der Waals surface area (Å²) in [5, 5.41) is 0. The van der Waals surface area contributed by atoms with E-state index in [9.17, 15) is 0 Å². The maximum atomic E-state index is 6.23. The molecule has 4 heteroatoms. The Hall–Kier alpha value is -0.995. The minimum atomic E-state index is -0.283. The number of fused-ring (bicyclic) bond motifs is 1. The van der Waals surface area contributed by atoms with E-state index >= 15 is 0 Å². The first-order valence-corrected chi connectivity index (χ1v) is 9.41. The standard InChI is InChI=1S/C20H30BNO2/c1-13-11-15-12-16(21-23-19(2,3)20(4,5)24-21)9-10-17(15)22(6)18(13)14-7-8-14/h9-10,12-14,18H,7-8,11H2,1-6H3/t13?,18-/m1/s1. The number of nitrogens with zero attached hydrogens (tertiary/aromatic N) is 1. The van der Waals surface area contributed by atoms with Crippen LogP contribution in [0.3, 0.4) is 0 Å². The first-order valence-electron chi connectivity index (χ1n) is 9.41. The lowest BCUT2D eigenvalue weighted by Gasteiger charge is -2.41. The molecule has 1 aliphatic carbocycles. The van der Waals surface area contributed by atoms with Crippen LogP contribution in [0.25, 0.3) is 0 Å². The molecule has 24 heavy (non-hydrogen) atoms. The van der Waals surface area contributed by atoms with Crippen LogP contribution in [-0.2, 0) is 15.7 Å². The smallest absolute Gasteiger partial charge is 0.399 e. The van der Waals surface area contributed by atoms with E-state index in [0.717, 1.165) is 17.8 Å². The molecule has 3 nitrogen and oxygen atoms in total. The molecule has 2 heterocycles. The van der Waals surface area contributed by atoms with Crippen molar-refractivity contribution in [3.63, 3.8) is 0 Å². The van der Waals surface area contributed by atoms with Gasteiger partial charge in [0, 0.05) is 18.8 Å². The maximum Gasteiger partial charge on any atom is 0.494 e. The van der Waals surface area contributed by atoms with Crippen molar-refractivity contribution in [2.24, 2.45) is 11.8 Å². The average Bonchev–Trinajstić information content (AvgIpc) is 3.26. The quantitative estimate of drug-likeness (QED) is 0.777. The number of benzene rings is 1. The summed E-state index contributed by atoms with van der Waals surface area (Å²) < 4.78 is 12.5. The SMILES string of the molecule is CC1Cc2cc(B3OC(C)(C)C(C)(C)O3)ccc2N(C)[C@H]1C1CC1. The molecule has 2 fully saturated rings. The van der Waals surface area contributed by atoms with Crippen LogP contribution in [0.5, 0.6) is 0 Å². The van der Waals surface area contributed by atoms with E-state index in [2.05, 4.69) is 64.8 Å². The average molecular weight is 327 g/mol. The zero-order valence-electron chi connectivity index (χ0n) is 15.9. The van der Waals surface area contributed by atoms with Gasteiger partial charge in [0.15, 0.2) is 0 Å². The normalized spacial score (nSPS) is 31.2. The number of rotatable bonds is 2. The van der Waals surface area contributed by atoms with E-state index in [4.69, 9.17) is 9.31 Å². The summed E-state index contributed by atoms with van der Waals surface area (Å²) >= 11 is 0. The Bertz CT molecular complexity index is 637. The van der Waals surface area contributed by atoms with Crippen LogP contribution in [-0.4, -0.2) is 31.4 Å². The van der Waals surface area contributed by atoms with Gasteiger partial charge in [-0.25, -0.2) is 0 Å². The van der Waals surface area contributed by atoms with Crippen LogP contribution in [0.4, 0.5) is 5.69 Å². The third kappa shape index (κ3) is 2.50. The zero-order valence-corrected chi connectivity index (χ0v) is 15.9. The van der Waals surface area contributed by atoms with Crippen molar-refractivity contribution in [3.8, 4) is 0 Å². The maximum absolute atomic E-state index is 6.23. The van der Waals surface area contributed by atoms with E-state index in [-0.39, 0.29) is 18.3 Å². The second-order valence-corrected chi connectivity index (χ2v) is 9.10. The Balaban J connectivity index is 1.62. The topological polar surface area (TPSA) is 21.7 Å². The molecule has 1 saturated heterocycles. The summed E-state index contributed by atoms with van der Waals surface area (Å²) in [7, 11) is 2.01. The highest BCUT2D eigenvalue weighted by Gasteiger charge is 2.52. The highest BCUT2D eigenvalue weighted by Crippen LogP contribution is 2.44. The van der Waals surface area contributed by atoms with Crippen molar-refractivity contribution < 1.29 is 9.31 Å². The van der Waals surface area contributed by atoms with Crippen LogP contribution >= 0.6 is 0 Å². The van der Waals surface area contributed by atoms with E-state index in [1.54, 1.807) is 0 Å². The Morgan fingerprint density at radius 2 is 1.71 bits per heavy atom. The summed E-state index contributed by atoms with van der Waals surface area (Å²) in [5.41, 5.74) is 3.42. The molecule has 0 bridgehead atoms. The predicted octanol–water partition coefficient (Wildman–Crippen LogP) is 3.39. The molecule has 130 valence electrons. The molecular weight excluding hydrogens is 297 g/mol. The molecule has 0 amide bonds. The number of hydrogen-bond donors (Lipinski definition) is 0. The van der Waals surface area contributed by atoms with Gasteiger partial charge >= 0.3 is 7.12 Å². The third-order valence-electron chi connectivity index (χ3n) is 6.69. The molecule has 1 unspecified atom stereocenters. The molecule has 0 N–H and O–H groups in total. The van der Waals surface area contributed by atoms with Crippen molar-refractivity contribution in [2.45, 2.75) is 71.1 Å².